The van der Waals surface area contributed by atoms with Crippen molar-refractivity contribution >= 4 is 73.9 Å². The molecule has 5 rings (SSSR count). The van der Waals surface area contributed by atoms with Gasteiger partial charge in [0, 0.05) is 20.7 Å². The SMILES string of the molecule is CSc1nc2sc3c(c2c2nnc(SCc4c(Cl)cccc4Cl)n12)CCCC3. The van der Waals surface area contributed by atoms with Gasteiger partial charge in [0.2, 0.25) is 0 Å². The molecule has 0 atom stereocenters. The Morgan fingerprint density at radius 3 is 2.68 bits per heavy atom. The maximum absolute atomic E-state index is 6.33. The second-order valence-electron chi connectivity index (χ2n) is 6.62. The number of rotatable bonds is 4. The van der Waals surface area contributed by atoms with E-state index in [0.717, 1.165) is 39.2 Å². The molecule has 3 aromatic heterocycles. The van der Waals surface area contributed by atoms with E-state index in [4.69, 9.17) is 28.2 Å². The molecule has 1 aromatic carbocycles. The largest absolute Gasteiger partial charge is 0.248 e. The van der Waals surface area contributed by atoms with Crippen LogP contribution in [0.4, 0.5) is 0 Å². The Bertz CT molecular complexity index is 1180. The zero-order valence-electron chi connectivity index (χ0n) is 15.0. The van der Waals surface area contributed by atoms with Crippen molar-refractivity contribution < 1.29 is 0 Å². The van der Waals surface area contributed by atoms with Crippen LogP contribution in [0.1, 0.15) is 28.8 Å². The minimum absolute atomic E-state index is 0.632. The van der Waals surface area contributed by atoms with E-state index < -0.39 is 0 Å². The molecule has 0 radical (unpaired) electrons. The first-order valence-electron chi connectivity index (χ1n) is 8.96. The van der Waals surface area contributed by atoms with Crippen LogP contribution in [0.5, 0.6) is 0 Å². The highest BCUT2D eigenvalue weighted by molar-refractivity contribution is 7.99. The number of nitrogens with zero attached hydrogens (tertiary/aromatic N) is 4. The first-order valence-corrected chi connectivity index (χ1v) is 12.7. The Morgan fingerprint density at radius 1 is 1.11 bits per heavy atom. The van der Waals surface area contributed by atoms with Gasteiger partial charge in [0.1, 0.15) is 4.83 Å². The zero-order chi connectivity index (χ0) is 19.3. The van der Waals surface area contributed by atoms with Gasteiger partial charge >= 0.3 is 0 Å². The van der Waals surface area contributed by atoms with Gasteiger partial charge in [0.05, 0.1) is 5.39 Å². The summed E-state index contributed by atoms with van der Waals surface area (Å²) in [4.78, 5) is 7.50. The monoisotopic (exact) mass is 466 g/mol. The van der Waals surface area contributed by atoms with E-state index in [0.29, 0.717) is 15.8 Å². The van der Waals surface area contributed by atoms with Crippen LogP contribution in [0.15, 0.2) is 28.5 Å². The number of aromatic nitrogens is 4. The fourth-order valence-electron chi connectivity index (χ4n) is 3.64. The normalized spacial score (nSPS) is 14.1. The Labute approximate surface area is 185 Å². The van der Waals surface area contributed by atoms with Crippen molar-refractivity contribution in [2.75, 3.05) is 6.26 Å². The molecule has 1 aliphatic carbocycles. The predicted molar refractivity (Wildman–Crippen MR) is 121 cm³/mol. The highest BCUT2D eigenvalue weighted by atomic mass is 35.5. The summed E-state index contributed by atoms with van der Waals surface area (Å²) in [5.41, 5.74) is 3.26. The summed E-state index contributed by atoms with van der Waals surface area (Å²) in [5, 5.41) is 13.3. The molecule has 144 valence electrons. The molecular weight excluding hydrogens is 451 g/mol. The molecule has 4 nitrogen and oxygen atoms in total. The van der Waals surface area contributed by atoms with Crippen LogP contribution in [0.25, 0.3) is 15.9 Å². The minimum atomic E-state index is 0.632. The summed E-state index contributed by atoms with van der Waals surface area (Å²) in [7, 11) is 0. The van der Waals surface area contributed by atoms with E-state index in [1.165, 1.54) is 28.7 Å². The number of hydrogen-bond donors (Lipinski definition) is 0. The summed E-state index contributed by atoms with van der Waals surface area (Å²) in [6.07, 6.45) is 6.79. The van der Waals surface area contributed by atoms with E-state index >= 15 is 0 Å². The lowest BCUT2D eigenvalue weighted by atomic mass is 9.97. The maximum Gasteiger partial charge on any atom is 0.198 e. The molecule has 3 heterocycles. The van der Waals surface area contributed by atoms with Gasteiger partial charge in [-0.1, -0.05) is 52.8 Å². The van der Waals surface area contributed by atoms with Crippen LogP contribution in [0, 0.1) is 0 Å². The van der Waals surface area contributed by atoms with Crippen molar-refractivity contribution in [3.05, 3.63) is 44.2 Å². The lowest BCUT2D eigenvalue weighted by molar-refractivity contribution is 0.700. The highest BCUT2D eigenvalue weighted by Gasteiger charge is 2.23. The third-order valence-electron chi connectivity index (χ3n) is 4.99. The van der Waals surface area contributed by atoms with Gasteiger partial charge in [-0.05, 0) is 55.2 Å². The van der Waals surface area contributed by atoms with E-state index in [9.17, 15) is 0 Å². The molecule has 0 fully saturated rings. The van der Waals surface area contributed by atoms with Crippen molar-refractivity contribution in [1.82, 2.24) is 19.6 Å². The van der Waals surface area contributed by atoms with Gasteiger partial charge in [0.25, 0.3) is 0 Å². The molecule has 0 unspecified atom stereocenters. The Balaban J connectivity index is 1.62. The van der Waals surface area contributed by atoms with E-state index in [1.807, 2.05) is 35.8 Å². The van der Waals surface area contributed by atoms with Crippen LogP contribution in [0.2, 0.25) is 10.0 Å². The van der Waals surface area contributed by atoms with Crippen LogP contribution in [0.3, 0.4) is 0 Å². The quantitative estimate of drug-likeness (QED) is 0.252. The lowest BCUT2D eigenvalue weighted by Gasteiger charge is -2.11. The predicted octanol–water partition coefficient (Wildman–Crippen LogP) is 6.54. The smallest absolute Gasteiger partial charge is 0.198 e. The Morgan fingerprint density at radius 2 is 1.89 bits per heavy atom. The molecule has 0 aliphatic heterocycles. The minimum Gasteiger partial charge on any atom is -0.248 e. The van der Waals surface area contributed by atoms with Gasteiger partial charge in [-0.2, -0.15) is 0 Å². The second kappa shape index (κ2) is 7.69. The summed E-state index contributed by atoms with van der Waals surface area (Å²) in [5.74, 6) is 0.632. The lowest BCUT2D eigenvalue weighted by Crippen LogP contribution is -2.00. The van der Waals surface area contributed by atoms with Crippen LogP contribution >= 0.6 is 58.1 Å². The molecule has 0 spiro atoms. The van der Waals surface area contributed by atoms with Crippen LogP contribution in [-0.4, -0.2) is 25.8 Å². The standard InChI is InChI=1S/C19H16Cl2N4S3/c1-26-18-22-17-15(10-5-2-3-8-14(10)28-17)16-23-24-19(25(16)18)27-9-11-12(20)6-4-7-13(11)21/h4,6-7H,2-3,5,8-9H2,1H3. The number of thioether (sulfide) groups is 2. The third-order valence-corrected chi connectivity index (χ3v) is 8.48. The summed E-state index contributed by atoms with van der Waals surface area (Å²) in [6, 6.07) is 5.58. The second-order valence-corrected chi connectivity index (χ2v) is 10.2. The van der Waals surface area contributed by atoms with Crippen molar-refractivity contribution in [3.63, 3.8) is 0 Å². The molecule has 1 aliphatic rings. The van der Waals surface area contributed by atoms with Gasteiger partial charge in [-0.25, -0.2) is 9.38 Å². The summed E-state index contributed by atoms with van der Waals surface area (Å²) in [6.45, 7) is 0. The van der Waals surface area contributed by atoms with Crippen molar-refractivity contribution in [2.24, 2.45) is 0 Å². The zero-order valence-corrected chi connectivity index (χ0v) is 19.0. The number of aryl methyl sites for hydroxylation is 2. The van der Waals surface area contributed by atoms with Gasteiger partial charge in [0.15, 0.2) is 16.0 Å². The Hall–Kier alpha value is -0.990. The summed E-state index contributed by atoms with van der Waals surface area (Å²) >= 11 is 17.7. The Kier molecular flexibility index (Phi) is 5.22. The number of fused-ring (bicyclic) bond motifs is 5. The van der Waals surface area contributed by atoms with Crippen molar-refractivity contribution in [2.45, 2.75) is 41.7 Å². The molecular formula is C19H16Cl2N4S3. The molecule has 0 saturated carbocycles. The van der Waals surface area contributed by atoms with E-state index in [-0.39, 0.29) is 0 Å². The first-order chi connectivity index (χ1) is 13.7. The summed E-state index contributed by atoms with van der Waals surface area (Å²) < 4.78 is 2.09. The average molecular weight is 467 g/mol. The maximum atomic E-state index is 6.33. The third kappa shape index (κ3) is 3.12. The molecule has 0 bridgehead atoms. The van der Waals surface area contributed by atoms with Gasteiger partial charge < -0.3 is 0 Å². The number of hydrogen-bond acceptors (Lipinski definition) is 6. The fourth-order valence-corrected chi connectivity index (χ4v) is 7.22. The topological polar surface area (TPSA) is 43.1 Å². The van der Waals surface area contributed by atoms with Crippen molar-refractivity contribution in [1.29, 1.82) is 0 Å². The molecule has 9 heteroatoms. The van der Waals surface area contributed by atoms with Crippen LogP contribution < -0.4 is 0 Å². The molecule has 0 N–H and O–H groups in total. The molecule has 4 aromatic rings. The number of benzene rings is 1. The molecule has 0 saturated heterocycles. The van der Waals surface area contributed by atoms with E-state index in [2.05, 4.69) is 14.6 Å². The average Bonchev–Trinajstić information content (AvgIpc) is 3.28. The van der Waals surface area contributed by atoms with Crippen molar-refractivity contribution in [3.8, 4) is 0 Å². The van der Waals surface area contributed by atoms with Crippen LogP contribution in [-0.2, 0) is 18.6 Å². The number of halogens is 2. The van der Waals surface area contributed by atoms with Gasteiger partial charge in [-0.15, -0.1) is 21.5 Å². The highest BCUT2D eigenvalue weighted by Crippen LogP contribution is 2.40. The van der Waals surface area contributed by atoms with E-state index in [1.54, 1.807) is 23.5 Å². The first kappa shape index (κ1) is 19.0. The molecule has 28 heavy (non-hydrogen) atoms. The molecule has 0 amide bonds. The fraction of sp³-hybridized carbons (Fsp3) is 0.316. The van der Waals surface area contributed by atoms with Gasteiger partial charge in [-0.3, -0.25) is 0 Å². The number of thiophene rings is 1.